The lowest BCUT2D eigenvalue weighted by atomic mass is 10.1. The molecule has 3 nitrogen and oxygen atoms in total. The highest BCUT2D eigenvalue weighted by molar-refractivity contribution is 7.17. The summed E-state index contributed by atoms with van der Waals surface area (Å²) in [5.74, 6) is -0.613. The van der Waals surface area contributed by atoms with Gasteiger partial charge >= 0.3 is 5.97 Å². The van der Waals surface area contributed by atoms with Crippen LogP contribution in [0.2, 0.25) is 10.0 Å². The Labute approximate surface area is 131 Å². The van der Waals surface area contributed by atoms with E-state index in [4.69, 9.17) is 23.2 Å². The summed E-state index contributed by atoms with van der Waals surface area (Å²) in [6, 6.07) is 5.10. The van der Waals surface area contributed by atoms with Crippen LogP contribution in [-0.4, -0.2) is 16.1 Å². The summed E-state index contributed by atoms with van der Waals surface area (Å²) in [4.78, 5) is 16.0. The van der Waals surface area contributed by atoms with Crippen LogP contribution < -0.4 is 0 Å². The molecule has 0 atom stereocenters. The standard InChI is InChI=1S/C14H13Cl2NO2S/c1-7(2)5-11-12(14(18)19)20-13(17-11)9-4-3-8(15)6-10(9)16/h3-4,6-7H,5H2,1-2H3,(H,18,19). The summed E-state index contributed by atoms with van der Waals surface area (Å²) in [6.45, 7) is 4.06. The second-order valence-corrected chi connectivity index (χ2v) is 6.66. The molecule has 20 heavy (non-hydrogen) atoms. The Morgan fingerprint density at radius 1 is 1.40 bits per heavy atom. The molecule has 2 rings (SSSR count). The van der Waals surface area contributed by atoms with Crippen molar-refractivity contribution in [3.63, 3.8) is 0 Å². The van der Waals surface area contributed by atoms with Crippen molar-refractivity contribution in [1.29, 1.82) is 0 Å². The van der Waals surface area contributed by atoms with Gasteiger partial charge in [-0.15, -0.1) is 11.3 Å². The van der Waals surface area contributed by atoms with E-state index in [1.165, 1.54) is 0 Å². The summed E-state index contributed by atoms with van der Waals surface area (Å²) in [5.41, 5.74) is 1.32. The van der Waals surface area contributed by atoms with E-state index in [9.17, 15) is 9.90 Å². The van der Waals surface area contributed by atoms with Crippen LogP contribution in [0.5, 0.6) is 0 Å². The minimum absolute atomic E-state index is 0.278. The number of carboxylic acid groups (broad SMARTS) is 1. The summed E-state index contributed by atoms with van der Waals surface area (Å²) < 4.78 is 0. The Balaban J connectivity index is 2.49. The fourth-order valence-corrected chi connectivity index (χ4v) is 3.35. The lowest BCUT2D eigenvalue weighted by Gasteiger charge is -2.02. The maximum atomic E-state index is 11.3. The number of rotatable bonds is 4. The molecule has 0 bridgehead atoms. The zero-order valence-electron chi connectivity index (χ0n) is 11.0. The van der Waals surface area contributed by atoms with E-state index in [1.807, 2.05) is 13.8 Å². The van der Waals surface area contributed by atoms with E-state index in [0.29, 0.717) is 38.6 Å². The molecule has 0 amide bonds. The van der Waals surface area contributed by atoms with Gasteiger partial charge in [0.1, 0.15) is 9.88 Å². The predicted octanol–water partition coefficient (Wildman–Crippen LogP) is 5.01. The SMILES string of the molecule is CC(C)Cc1nc(-c2ccc(Cl)cc2Cl)sc1C(=O)O. The number of halogens is 2. The van der Waals surface area contributed by atoms with Crippen LogP contribution in [0.1, 0.15) is 29.2 Å². The van der Waals surface area contributed by atoms with E-state index >= 15 is 0 Å². The zero-order chi connectivity index (χ0) is 14.9. The van der Waals surface area contributed by atoms with E-state index in [0.717, 1.165) is 11.3 Å². The molecule has 6 heteroatoms. The number of thiazole rings is 1. The zero-order valence-corrected chi connectivity index (χ0v) is 13.3. The third-order valence-electron chi connectivity index (χ3n) is 2.65. The first-order valence-corrected chi connectivity index (χ1v) is 7.64. The Morgan fingerprint density at radius 2 is 2.10 bits per heavy atom. The van der Waals surface area contributed by atoms with Gasteiger partial charge < -0.3 is 5.11 Å². The minimum Gasteiger partial charge on any atom is -0.477 e. The maximum absolute atomic E-state index is 11.3. The first kappa shape index (κ1) is 15.3. The van der Waals surface area contributed by atoms with Gasteiger partial charge in [-0.25, -0.2) is 9.78 Å². The molecule has 106 valence electrons. The molecule has 1 N–H and O–H groups in total. The number of hydrogen-bond acceptors (Lipinski definition) is 3. The molecular formula is C14H13Cl2NO2S. The summed E-state index contributed by atoms with van der Waals surface area (Å²) >= 11 is 13.2. The summed E-state index contributed by atoms with van der Waals surface area (Å²) in [7, 11) is 0. The van der Waals surface area contributed by atoms with Crippen molar-refractivity contribution in [2.75, 3.05) is 0 Å². The highest BCUT2D eigenvalue weighted by Gasteiger charge is 2.20. The number of nitrogens with zero attached hydrogens (tertiary/aromatic N) is 1. The van der Waals surface area contributed by atoms with Crippen LogP contribution in [0.15, 0.2) is 18.2 Å². The summed E-state index contributed by atoms with van der Waals surface area (Å²) in [5, 5.41) is 10.9. The molecule has 1 aromatic heterocycles. The van der Waals surface area contributed by atoms with Crippen LogP contribution in [-0.2, 0) is 6.42 Å². The fourth-order valence-electron chi connectivity index (χ4n) is 1.82. The van der Waals surface area contributed by atoms with Crippen LogP contribution in [0.4, 0.5) is 0 Å². The quantitative estimate of drug-likeness (QED) is 0.857. The molecule has 1 aromatic carbocycles. The maximum Gasteiger partial charge on any atom is 0.347 e. The second-order valence-electron chi connectivity index (χ2n) is 4.82. The van der Waals surface area contributed by atoms with Gasteiger partial charge in [0.15, 0.2) is 0 Å². The Kier molecular flexibility index (Phi) is 4.68. The van der Waals surface area contributed by atoms with Gasteiger partial charge in [0.2, 0.25) is 0 Å². The largest absolute Gasteiger partial charge is 0.477 e. The normalized spacial score (nSPS) is 11.1. The molecule has 1 heterocycles. The monoisotopic (exact) mass is 329 g/mol. The molecule has 0 radical (unpaired) electrons. The number of aromatic carboxylic acids is 1. The van der Waals surface area contributed by atoms with Crippen LogP contribution in [0, 0.1) is 5.92 Å². The van der Waals surface area contributed by atoms with Crippen molar-refractivity contribution in [3.05, 3.63) is 38.8 Å². The molecule has 0 saturated carbocycles. The molecule has 0 saturated heterocycles. The van der Waals surface area contributed by atoms with E-state index < -0.39 is 5.97 Å². The van der Waals surface area contributed by atoms with Crippen LogP contribution >= 0.6 is 34.5 Å². The number of aromatic nitrogens is 1. The van der Waals surface area contributed by atoms with Gasteiger partial charge in [-0.2, -0.15) is 0 Å². The Hall–Kier alpha value is -1.10. The number of benzene rings is 1. The van der Waals surface area contributed by atoms with Gasteiger partial charge in [-0.05, 0) is 30.5 Å². The smallest absolute Gasteiger partial charge is 0.347 e. The fraction of sp³-hybridized carbons (Fsp3) is 0.286. The van der Waals surface area contributed by atoms with E-state index in [-0.39, 0.29) is 4.88 Å². The first-order chi connectivity index (χ1) is 9.38. The third kappa shape index (κ3) is 3.32. The molecule has 0 spiro atoms. The molecule has 0 aliphatic rings. The molecule has 0 aliphatic heterocycles. The van der Waals surface area contributed by atoms with Crippen molar-refractivity contribution in [3.8, 4) is 10.6 Å². The van der Waals surface area contributed by atoms with Gasteiger partial charge in [0.25, 0.3) is 0 Å². The van der Waals surface area contributed by atoms with Crippen molar-refractivity contribution in [2.24, 2.45) is 5.92 Å². The lowest BCUT2D eigenvalue weighted by molar-refractivity contribution is 0.0700. The van der Waals surface area contributed by atoms with Gasteiger partial charge in [0.05, 0.1) is 10.7 Å². The van der Waals surface area contributed by atoms with Gasteiger partial charge in [0, 0.05) is 10.6 Å². The molecule has 0 aliphatic carbocycles. The average molecular weight is 330 g/mol. The number of hydrogen-bond donors (Lipinski definition) is 1. The van der Waals surface area contributed by atoms with Crippen molar-refractivity contribution >= 4 is 40.5 Å². The van der Waals surface area contributed by atoms with Crippen LogP contribution in [0.3, 0.4) is 0 Å². The third-order valence-corrected chi connectivity index (χ3v) is 4.32. The highest BCUT2D eigenvalue weighted by Crippen LogP contribution is 2.35. The Morgan fingerprint density at radius 3 is 2.65 bits per heavy atom. The first-order valence-electron chi connectivity index (χ1n) is 6.07. The van der Waals surface area contributed by atoms with Crippen molar-refractivity contribution in [1.82, 2.24) is 4.98 Å². The minimum atomic E-state index is -0.950. The molecule has 0 fully saturated rings. The number of carbonyl (C=O) groups is 1. The molecular weight excluding hydrogens is 317 g/mol. The van der Waals surface area contributed by atoms with Gasteiger partial charge in [-0.1, -0.05) is 37.0 Å². The average Bonchev–Trinajstić information content (AvgIpc) is 2.71. The molecule has 0 unspecified atom stereocenters. The van der Waals surface area contributed by atoms with E-state index in [2.05, 4.69) is 4.98 Å². The Bertz CT molecular complexity index is 653. The highest BCUT2D eigenvalue weighted by atomic mass is 35.5. The molecule has 2 aromatic rings. The van der Waals surface area contributed by atoms with Crippen LogP contribution in [0.25, 0.3) is 10.6 Å². The van der Waals surface area contributed by atoms with Crippen molar-refractivity contribution in [2.45, 2.75) is 20.3 Å². The second kappa shape index (κ2) is 6.12. The van der Waals surface area contributed by atoms with Crippen molar-refractivity contribution < 1.29 is 9.90 Å². The number of carboxylic acids is 1. The van der Waals surface area contributed by atoms with E-state index in [1.54, 1.807) is 18.2 Å². The predicted molar refractivity (Wildman–Crippen MR) is 83.1 cm³/mol. The lowest BCUT2D eigenvalue weighted by Crippen LogP contribution is -2.02. The topological polar surface area (TPSA) is 50.2 Å². The summed E-state index contributed by atoms with van der Waals surface area (Å²) in [6.07, 6.45) is 0.628. The van der Waals surface area contributed by atoms with Gasteiger partial charge in [-0.3, -0.25) is 0 Å².